The van der Waals surface area contributed by atoms with Gasteiger partial charge in [-0.3, -0.25) is 0 Å². The van der Waals surface area contributed by atoms with Gasteiger partial charge in [-0.05, 0) is 101 Å². The van der Waals surface area contributed by atoms with Crippen LogP contribution in [0.2, 0.25) is 0 Å². The van der Waals surface area contributed by atoms with Crippen molar-refractivity contribution in [1.29, 1.82) is 0 Å². The maximum absolute atomic E-state index is 6.39. The first-order valence-electron chi connectivity index (χ1n) is 17.0. The molecule has 2 heteroatoms. The largest absolute Gasteiger partial charge is 0.456 e. The molecule has 2 nitrogen and oxygen atoms in total. The highest BCUT2D eigenvalue weighted by atomic mass is 16.3. The van der Waals surface area contributed by atoms with Gasteiger partial charge < -0.3 is 8.98 Å². The van der Waals surface area contributed by atoms with Crippen LogP contribution in [0, 0.1) is 0 Å². The maximum Gasteiger partial charge on any atom is 0.136 e. The first-order chi connectivity index (χ1) is 23.8. The van der Waals surface area contributed by atoms with Crippen LogP contribution in [0.5, 0.6) is 0 Å². The second-order valence-corrected chi connectivity index (χ2v) is 13.2. The number of nitrogens with zero attached hydrogens (tertiary/aromatic N) is 1. The molecule has 1 aliphatic carbocycles. The lowest BCUT2D eigenvalue weighted by molar-refractivity contribution is 0.630. The summed E-state index contributed by atoms with van der Waals surface area (Å²) in [6.07, 6.45) is 3.12. The molecule has 0 spiro atoms. The van der Waals surface area contributed by atoms with Gasteiger partial charge in [0.05, 0.1) is 11.0 Å². The maximum atomic E-state index is 6.39. The Bertz CT molecular complexity index is 2600. The van der Waals surface area contributed by atoms with E-state index in [0.29, 0.717) is 5.92 Å². The Balaban J connectivity index is 1.24. The number of hydrogen-bond donors (Lipinski definition) is 0. The van der Waals surface area contributed by atoms with Crippen molar-refractivity contribution in [2.45, 2.75) is 25.2 Å². The van der Waals surface area contributed by atoms with Gasteiger partial charge in [-0.25, -0.2) is 0 Å². The molecule has 2 aromatic heterocycles. The molecule has 0 fully saturated rings. The third kappa shape index (κ3) is 4.19. The van der Waals surface area contributed by atoms with Crippen LogP contribution in [-0.4, -0.2) is 4.57 Å². The van der Waals surface area contributed by atoms with Crippen LogP contribution in [-0.2, 0) is 12.8 Å². The van der Waals surface area contributed by atoms with E-state index in [9.17, 15) is 0 Å². The standard InChI is InChI=1S/C46H33NO/c1-2-12-30(13-3-1)28-32-25-24-31-26-27-33(47-41-20-7-4-14-34(41)35-15-5-8-21-42(35)47)29-40(31)38-18-10-17-36(45(32)38)37-19-11-23-44-46(37)39-16-6-9-22-43(39)48-44/h1-23,26-27,29,32H,24-25,28H2. The Morgan fingerprint density at radius 3 is 1.94 bits per heavy atom. The Labute approximate surface area is 279 Å². The highest BCUT2D eigenvalue weighted by Crippen LogP contribution is 2.47. The highest BCUT2D eigenvalue weighted by Gasteiger charge is 2.27. The number of hydrogen-bond acceptors (Lipinski definition) is 1. The van der Waals surface area contributed by atoms with Crippen LogP contribution in [0.1, 0.15) is 29.0 Å². The van der Waals surface area contributed by atoms with E-state index in [1.54, 1.807) is 0 Å². The van der Waals surface area contributed by atoms with Gasteiger partial charge in [0.2, 0.25) is 0 Å². The molecule has 228 valence electrons. The predicted molar refractivity (Wildman–Crippen MR) is 200 cm³/mol. The minimum absolute atomic E-state index is 0.358. The molecule has 10 rings (SSSR count). The fraction of sp³-hybridized carbons (Fsp3) is 0.0870. The van der Waals surface area contributed by atoms with Gasteiger partial charge >= 0.3 is 0 Å². The normalized spacial score (nSPS) is 14.4. The lowest BCUT2D eigenvalue weighted by Crippen LogP contribution is -2.06. The van der Waals surface area contributed by atoms with Crippen LogP contribution in [0.3, 0.4) is 0 Å². The monoisotopic (exact) mass is 615 g/mol. The molecule has 0 aliphatic heterocycles. The van der Waals surface area contributed by atoms with E-state index in [0.717, 1.165) is 30.4 Å². The molecule has 1 aliphatic rings. The van der Waals surface area contributed by atoms with Crippen molar-refractivity contribution in [1.82, 2.24) is 4.57 Å². The zero-order valence-electron chi connectivity index (χ0n) is 26.6. The van der Waals surface area contributed by atoms with E-state index in [1.165, 1.54) is 77.2 Å². The smallest absolute Gasteiger partial charge is 0.136 e. The first-order valence-corrected chi connectivity index (χ1v) is 17.0. The van der Waals surface area contributed by atoms with E-state index in [2.05, 4.69) is 162 Å². The highest BCUT2D eigenvalue weighted by molar-refractivity contribution is 6.13. The summed E-state index contributed by atoms with van der Waals surface area (Å²) in [5, 5.41) is 4.94. The number of aryl methyl sites for hydroxylation is 1. The molecule has 7 aromatic carbocycles. The number of benzene rings is 7. The minimum atomic E-state index is 0.358. The summed E-state index contributed by atoms with van der Waals surface area (Å²) in [4.78, 5) is 0. The van der Waals surface area contributed by atoms with E-state index in [4.69, 9.17) is 4.42 Å². The van der Waals surface area contributed by atoms with Crippen molar-refractivity contribution in [3.8, 4) is 27.9 Å². The number of furan rings is 1. The van der Waals surface area contributed by atoms with Crippen LogP contribution in [0.4, 0.5) is 0 Å². The van der Waals surface area contributed by atoms with Crippen molar-refractivity contribution in [2.75, 3.05) is 0 Å². The predicted octanol–water partition coefficient (Wildman–Crippen LogP) is 12.3. The summed E-state index contributed by atoms with van der Waals surface area (Å²) < 4.78 is 8.83. The molecular formula is C46H33NO. The van der Waals surface area contributed by atoms with Crippen molar-refractivity contribution >= 4 is 43.7 Å². The zero-order valence-corrected chi connectivity index (χ0v) is 26.6. The molecule has 9 aromatic rings. The Morgan fingerprint density at radius 1 is 0.521 bits per heavy atom. The topological polar surface area (TPSA) is 18.1 Å². The van der Waals surface area contributed by atoms with Gasteiger partial charge in [0.15, 0.2) is 0 Å². The average molecular weight is 616 g/mol. The summed E-state index contributed by atoms with van der Waals surface area (Å²) in [6, 6.07) is 57.7. The van der Waals surface area contributed by atoms with Crippen LogP contribution >= 0.6 is 0 Å². The molecular weight excluding hydrogens is 583 g/mol. The van der Waals surface area contributed by atoms with Crippen LogP contribution < -0.4 is 0 Å². The molecule has 2 heterocycles. The molecule has 1 unspecified atom stereocenters. The first kappa shape index (κ1) is 27.3. The molecule has 0 bridgehead atoms. The van der Waals surface area contributed by atoms with Gasteiger partial charge in [0.25, 0.3) is 0 Å². The fourth-order valence-corrected chi connectivity index (χ4v) is 8.42. The number of rotatable bonds is 4. The average Bonchev–Trinajstić information content (AvgIpc) is 3.65. The third-order valence-electron chi connectivity index (χ3n) is 10.5. The Kier molecular flexibility index (Phi) is 6.17. The molecule has 0 saturated heterocycles. The van der Waals surface area contributed by atoms with Gasteiger partial charge in [0.1, 0.15) is 11.2 Å². The van der Waals surface area contributed by atoms with Crippen molar-refractivity contribution < 1.29 is 4.42 Å². The molecule has 0 radical (unpaired) electrons. The zero-order chi connectivity index (χ0) is 31.6. The quantitative estimate of drug-likeness (QED) is 0.193. The van der Waals surface area contributed by atoms with Gasteiger partial charge in [-0.2, -0.15) is 0 Å². The lowest BCUT2D eigenvalue weighted by atomic mass is 9.81. The molecule has 0 amide bonds. The van der Waals surface area contributed by atoms with Crippen LogP contribution in [0.15, 0.2) is 162 Å². The Morgan fingerprint density at radius 2 is 1.15 bits per heavy atom. The summed E-state index contributed by atoms with van der Waals surface area (Å²) >= 11 is 0. The van der Waals surface area contributed by atoms with E-state index < -0.39 is 0 Å². The minimum Gasteiger partial charge on any atom is -0.456 e. The second-order valence-electron chi connectivity index (χ2n) is 13.2. The van der Waals surface area contributed by atoms with Crippen molar-refractivity contribution in [3.05, 3.63) is 174 Å². The molecule has 48 heavy (non-hydrogen) atoms. The lowest BCUT2D eigenvalue weighted by Gasteiger charge is -2.23. The van der Waals surface area contributed by atoms with Gasteiger partial charge in [0, 0.05) is 27.2 Å². The SMILES string of the molecule is c1ccc(CC2CCc3ccc(-n4c5ccccc5c5ccccc54)cc3-c3cccc(-c4cccc5oc6ccccc6c45)c32)cc1. The summed E-state index contributed by atoms with van der Waals surface area (Å²) in [7, 11) is 0. The third-order valence-corrected chi connectivity index (χ3v) is 10.5. The van der Waals surface area contributed by atoms with Gasteiger partial charge in [-0.1, -0.05) is 121 Å². The molecule has 0 N–H and O–H groups in total. The van der Waals surface area contributed by atoms with Crippen LogP contribution in [0.25, 0.3) is 71.7 Å². The molecule has 1 atom stereocenters. The number of para-hydroxylation sites is 3. The van der Waals surface area contributed by atoms with Crippen molar-refractivity contribution in [2.24, 2.45) is 0 Å². The Hall–Kier alpha value is -5.86. The van der Waals surface area contributed by atoms with E-state index in [-0.39, 0.29) is 0 Å². The van der Waals surface area contributed by atoms with E-state index >= 15 is 0 Å². The summed E-state index contributed by atoms with van der Waals surface area (Å²) in [5.74, 6) is 0.358. The van der Waals surface area contributed by atoms with Crippen molar-refractivity contribution in [3.63, 3.8) is 0 Å². The number of aromatic nitrogens is 1. The summed E-state index contributed by atoms with van der Waals surface area (Å²) in [6.45, 7) is 0. The summed E-state index contributed by atoms with van der Waals surface area (Å²) in [5.41, 5.74) is 15.0. The molecule has 0 saturated carbocycles. The fourth-order valence-electron chi connectivity index (χ4n) is 8.42. The number of fused-ring (bicyclic) bond motifs is 9. The van der Waals surface area contributed by atoms with Gasteiger partial charge in [-0.15, -0.1) is 0 Å². The van der Waals surface area contributed by atoms with E-state index in [1.807, 2.05) is 0 Å². The second kappa shape index (κ2) is 10.9.